The van der Waals surface area contributed by atoms with E-state index in [1.165, 1.54) is 16.9 Å². The summed E-state index contributed by atoms with van der Waals surface area (Å²) in [5.41, 5.74) is 3.61. The van der Waals surface area contributed by atoms with Gasteiger partial charge in [-0.05, 0) is 50.0 Å². The number of hydrogen-bond acceptors (Lipinski definition) is 7. The zero-order chi connectivity index (χ0) is 22.8. The van der Waals surface area contributed by atoms with Crippen LogP contribution < -0.4 is 0 Å². The molecule has 4 aromatic rings. The van der Waals surface area contributed by atoms with Crippen molar-refractivity contribution in [2.45, 2.75) is 66.8 Å². The Morgan fingerprint density at radius 1 is 1.28 bits per heavy atom. The van der Waals surface area contributed by atoms with Gasteiger partial charge < -0.3 is 0 Å². The molecule has 168 valence electrons. The molecule has 32 heavy (non-hydrogen) atoms. The van der Waals surface area contributed by atoms with Crippen LogP contribution in [0.25, 0.3) is 15.9 Å². The van der Waals surface area contributed by atoms with Gasteiger partial charge in [-0.25, -0.2) is 14.5 Å². The molecule has 10 heteroatoms. The molecule has 1 aliphatic carbocycles. The van der Waals surface area contributed by atoms with E-state index < -0.39 is 0 Å². The second kappa shape index (κ2) is 7.33. The van der Waals surface area contributed by atoms with Crippen molar-refractivity contribution < 1.29 is 4.92 Å². The van der Waals surface area contributed by atoms with E-state index in [-0.39, 0.29) is 10.6 Å². The maximum Gasteiger partial charge on any atom is 0.312 e. The highest BCUT2D eigenvalue weighted by Gasteiger charge is 2.32. The van der Waals surface area contributed by atoms with Crippen LogP contribution in [0.4, 0.5) is 5.69 Å². The second-order valence-corrected chi connectivity index (χ2v) is 10.9. The van der Waals surface area contributed by atoms with Crippen molar-refractivity contribution in [1.82, 2.24) is 29.4 Å². The highest BCUT2D eigenvalue weighted by Crippen LogP contribution is 2.43. The maximum absolute atomic E-state index is 11.3. The molecule has 0 aliphatic heterocycles. The Morgan fingerprint density at radius 3 is 2.75 bits per heavy atom. The molecule has 4 heterocycles. The monoisotopic (exact) mass is 453 g/mol. The van der Waals surface area contributed by atoms with Crippen LogP contribution in [0.3, 0.4) is 0 Å². The van der Waals surface area contributed by atoms with E-state index in [0.717, 1.165) is 28.7 Å². The number of aryl methyl sites for hydroxylation is 4. The third-order valence-electron chi connectivity index (χ3n) is 6.73. The van der Waals surface area contributed by atoms with Crippen molar-refractivity contribution >= 4 is 32.9 Å². The van der Waals surface area contributed by atoms with E-state index in [1.54, 1.807) is 40.7 Å². The molecule has 0 fully saturated rings. The topological polar surface area (TPSA) is 104 Å². The van der Waals surface area contributed by atoms with Gasteiger partial charge in [0.1, 0.15) is 22.5 Å². The second-order valence-electron chi connectivity index (χ2n) is 9.78. The third kappa shape index (κ3) is 3.37. The largest absolute Gasteiger partial charge is 0.312 e. The molecule has 1 aliphatic rings. The number of rotatable bonds is 4. The molecule has 0 radical (unpaired) electrons. The molecular weight excluding hydrogens is 426 g/mol. The Labute approximate surface area is 189 Å². The van der Waals surface area contributed by atoms with Crippen LogP contribution >= 0.6 is 11.3 Å². The van der Waals surface area contributed by atoms with Crippen LogP contribution in [-0.2, 0) is 25.8 Å². The van der Waals surface area contributed by atoms with E-state index in [4.69, 9.17) is 4.98 Å². The first kappa shape index (κ1) is 21.0. The summed E-state index contributed by atoms with van der Waals surface area (Å²) in [5, 5.41) is 21.4. The van der Waals surface area contributed by atoms with Crippen molar-refractivity contribution in [3.05, 3.63) is 44.1 Å². The quantitative estimate of drug-likeness (QED) is 0.334. The summed E-state index contributed by atoms with van der Waals surface area (Å²) >= 11 is 1.79. The minimum atomic E-state index is -0.371. The van der Waals surface area contributed by atoms with E-state index in [1.807, 2.05) is 0 Å². The van der Waals surface area contributed by atoms with E-state index in [9.17, 15) is 10.1 Å². The van der Waals surface area contributed by atoms with Gasteiger partial charge in [0, 0.05) is 17.8 Å². The zero-order valence-corrected chi connectivity index (χ0v) is 19.9. The number of thiophene rings is 1. The highest BCUT2D eigenvalue weighted by molar-refractivity contribution is 7.19. The predicted molar refractivity (Wildman–Crippen MR) is 123 cm³/mol. The molecular formula is C22H27N7O2S. The minimum absolute atomic E-state index is 0.0809. The van der Waals surface area contributed by atoms with Gasteiger partial charge in [-0.1, -0.05) is 20.8 Å². The molecule has 0 saturated heterocycles. The average Bonchev–Trinajstić information content (AvgIpc) is 3.37. The van der Waals surface area contributed by atoms with Crippen LogP contribution in [0.15, 0.2) is 6.33 Å². The number of aromatic nitrogens is 6. The van der Waals surface area contributed by atoms with Gasteiger partial charge in [0.25, 0.3) is 0 Å². The van der Waals surface area contributed by atoms with Crippen molar-refractivity contribution in [3.63, 3.8) is 0 Å². The normalized spacial score (nSPS) is 16.7. The Balaban J connectivity index is 1.46. The molecule has 0 N–H and O–H groups in total. The lowest BCUT2D eigenvalue weighted by molar-refractivity contribution is -0.386. The summed E-state index contributed by atoms with van der Waals surface area (Å²) in [6.07, 6.45) is 5.62. The molecule has 1 unspecified atom stereocenters. The summed E-state index contributed by atoms with van der Waals surface area (Å²) in [6.45, 7) is 10.9. The summed E-state index contributed by atoms with van der Waals surface area (Å²) in [4.78, 5) is 22.9. The molecule has 4 aromatic heterocycles. The lowest BCUT2D eigenvalue weighted by Gasteiger charge is -2.33. The third-order valence-corrected chi connectivity index (χ3v) is 7.89. The van der Waals surface area contributed by atoms with Gasteiger partial charge in [0.05, 0.1) is 10.3 Å². The molecule has 1 atom stereocenters. The lowest BCUT2D eigenvalue weighted by atomic mass is 9.72. The first-order valence-corrected chi connectivity index (χ1v) is 11.8. The van der Waals surface area contributed by atoms with Crippen molar-refractivity contribution in [3.8, 4) is 0 Å². The Morgan fingerprint density at radius 2 is 2.06 bits per heavy atom. The number of nitro groups is 1. The van der Waals surface area contributed by atoms with E-state index >= 15 is 0 Å². The maximum atomic E-state index is 11.3. The van der Waals surface area contributed by atoms with Crippen LogP contribution in [0, 0.1) is 35.3 Å². The molecule has 0 saturated carbocycles. The fourth-order valence-corrected chi connectivity index (χ4v) is 6.10. The van der Waals surface area contributed by atoms with Crippen molar-refractivity contribution in [2.24, 2.45) is 11.3 Å². The summed E-state index contributed by atoms with van der Waals surface area (Å²) in [6, 6.07) is 0. The fraction of sp³-hybridized carbons (Fsp3) is 0.545. The number of fused-ring (bicyclic) bond motifs is 5. The SMILES string of the molecule is Cc1nn(CCc2nc3c4c5c(sc4ncn3n2)CC(C(C)(C)C)CC5)c(C)c1[N+](=O)[O-]. The average molecular weight is 454 g/mol. The molecule has 0 amide bonds. The standard InChI is InChI=1S/C22H27N7O2S/c1-12-19(29(30)31)13(2)27(25-12)9-8-17-24-20-18-15-7-6-14(22(3,4)5)10-16(15)32-21(18)23-11-28(20)26-17/h11,14H,6-10H2,1-5H3. The van der Waals surface area contributed by atoms with E-state index in [2.05, 4.69) is 36.0 Å². The van der Waals surface area contributed by atoms with E-state index in [0.29, 0.717) is 41.5 Å². The highest BCUT2D eigenvalue weighted by atomic mass is 32.1. The van der Waals surface area contributed by atoms with Gasteiger partial charge in [-0.15, -0.1) is 16.4 Å². The summed E-state index contributed by atoms with van der Waals surface area (Å²) in [7, 11) is 0. The first-order chi connectivity index (χ1) is 15.1. The minimum Gasteiger partial charge on any atom is -0.262 e. The lowest BCUT2D eigenvalue weighted by Crippen LogP contribution is -2.26. The molecule has 0 aromatic carbocycles. The molecule has 0 bridgehead atoms. The van der Waals surface area contributed by atoms with Crippen molar-refractivity contribution in [2.75, 3.05) is 0 Å². The zero-order valence-electron chi connectivity index (χ0n) is 19.0. The summed E-state index contributed by atoms with van der Waals surface area (Å²) < 4.78 is 3.44. The number of hydrogen-bond donors (Lipinski definition) is 0. The molecule has 5 rings (SSSR count). The number of nitrogens with zero attached hydrogens (tertiary/aromatic N) is 7. The van der Waals surface area contributed by atoms with Gasteiger partial charge >= 0.3 is 5.69 Å². The van der Waals surface area contributed by atoms with Gasteiger partial charge in [0.15, 0.2) is 11.5 Å². The van der Waals surface area contributed by atoms with Crippen LogP contribution in [0.1, 0.15) is 54.8 Å². The first-order valence-electron chi connectivity index (χ1n) is 11.0. The Hall–Kier alpha value is -2.88. The Kier molecular flexibility index (Phi) is 4.81. The van der Waals surface area contributed by atoms with Crippen LogP contribution in [0.2, 0.25) is 0 Å². The van der Waals surface area contributed by atoms with Crippen LogP contribution in [0.5, 0.6) is 0 Å². The predicted octanol–water partition coefficient (Wildman–Crippen LogP) is 4.45. The van der Waals surface area contributed by atoms with Gasteiger partial charge in [-0.3, -0.25) is 14.8 Å². The fourth-order valence-electron chi connectivity index (χ4n) is 4.84. The smallest absolute Gasteiger partial charge is 0.262 e. The van der Waals surface area contributed by atoms with Gasteiger partial charge in [0.2, 0.25) is 0 Å². The molecule has 0 spiro atoms. The summed E-state index contributed by atoms with van der Waals surface area (Å²) in [5.74, 6) is 1.37. The van der Waals surface area contributed by atoms with Crippen molar-refractivity contribution in [1.29, 1.82) is 0 Å². The van der Waals surface area contributed by atoms with Crippen LogP contribution in [-0.4, -0.2) is 34.3 Å². The van der Waals surface area contributed by atoms with Gasteiger partial charge in [-0.2, -0.15) is 5.10 Å². The molecule has 9 nitrogen and oxygen atoms in total. The Bertz CT molecular complexity index is 1360.